The first-order chi connectivity index (χ1) is 5.34. The third-order valence-corrected chi connectivity index (χ3v) is 1.36. The summed E-state index contributed by atoms with van der Waals surface area (Å²) in [5, 5.41) is 0. The molecule has 0 saturated heterocycles. The molecule has 1 aromatic rings. The van der Waals surface area contributed by atoms with E-state index in [1.807, 2.05) is 37.3 Å². The molecule has 0 saturated carbocycles. The molecule has 0 unspecified atom stereocenters. The lowest BCUT2D eigenvalue weighted by Crippen LogP contribution is -1.82. The fraction of sp³-hybridized carbons (Fsp3) is 0.100. The number of hydrogen-bond donors (Lipinski definition) is 0. The molecule has 0 radical (unpaired) electrons. The molecule has 1 rings (SSSR count). The van der Waals surface area contributed by atoms with Crippen molar-refractivity contribution in [2.45, 2.75) is 6.92 Å². The van der Waals surface area contributed by atoms with Gasteiger partial charge in [-0.15, -0.1) is 0 Å². The Morgan fingerprint density at radius 1 is 1.55 bits per heavy atom. The van der Waals surface area contributed by atoms with Gasteiger partial charge in [-0.1, -0.05) is 24.8 Å². The Hall–Kier alpha value is -1.37. The van der Waals surface area contributed by atoms with E-state index in [0.717, 1.165) is 11.3 Å². The van der Waals surface area contributed by atoms with Gasteiger partial charge in [-0.3, -0.25) is 4.98 Å². The maximum absolute atomic E-state index is 4.15. The fourth-order valence-electron chi connectivity index (χ4n) is 0.839. The predicted molar refractivity (Wildman–Crippen MR) is 48.1 cm³/mol. The molecule has 0 aliphatic rings. The Morgan fingerprint density at radius 3 is 2.91 bits per heavy atom. The van der Waals surface area contributed by atoms with Crippen molar-refractivity contribution in [2.75, 3.05) is 0 Å². The van der Waals surface area contributed by atoms with E-state index in [0.29, 0.717) is 0 Å². The normalized spacial score (nSPS) is 10.3. The number of rotatable bonds is 2. The standard InChI is InChI=1S/C10H11N/c1-3-6-9(2)10-7-4-5-8-11-10/h3-8H,2H2,1H3/b6-3-. The average Bonchev–Trinajstić information content (AvgIpc) is 2.07. The highest BCUT2D eigenvalue weighted by Gasteiger charge is 1.91. The second kappa shape index (κ2) is 3.71. The van der Waals surface area contributed by atoms with Crippen molar-refractivity contribution < 1.29 is 0 Å². The summed E-state index contributed by atoms with van der Waals surface area (Å²) in [5.74, 6) is 0. The van der Waals surface area contributed by atoms with Crippen LogP contribution in [0, 0.1) is 0 Å². The third-order valence-electron chi connectivity index (χ3n) is 1.36. The zero-order chi connectivity index (χ0) is 8.10. The van der Waals surface area contributed by atoms with Crippen LogP contribution >= 0.6 is 0 Å². The summed E-state index contributed by atoms with van der Waals surface area (Å²) < 4.78 is 0. The second-order valence-electron chi connectivity index (χ2n) is 2.24. The summed E-state index contributed by atoms with van der Waals surface area (Å²) in [6.45, 7) is 5.83. The summed E-state index contributed by atoms with van der Waals surface area (Å²) in [4.78, 5) is 4.15. The van der Waals surface area contributed by atoms with Gasteiger partial charge in [-0.05, 0) is 24.6 Å². The number of hydrogen-bond acceptors (Lipinski definition) is 1. The summed E-state index contributed by atoms with van der Waals surface area (Å²) in [6.07, 6.45) is 5.67. The smallest absolute Gasteiger partial charge is 0.0695 e. The molecule has 0 N–H and O–H groups in total. The monoisotopic (exact) mass is 145 g/mol. The first-order valence-electron chi connectivity index (χ1n) is 3.57. The summed E-state index contributed by atoms with van der Waals surface area (Å²) >= 11 is 0. The highest BCUT2D eigenvalue weighted by Crippen LogP contribution is 2.08. The van der Waals surface area contributed by atoms with Gasteiger partial charge in [0, 0.05) is 6.20 Å². The molecular weight excluding hydrogens is 134 g/mol. The van der Waals surface area contributed by atoms with E-state index >= 15 is 0 Å². The molecule has 1 heterocycles. The Labute approximate surface area is 67.1 Å². The lowest BCUT2D eigenvalue weighted by molar-refractivity contribution is 1.28. The zero-order valence-corrected chi connectivity index (χ0v) is 6.62. The van der Waals surface area contributed by atoms with Gasteiger partial charge in [0.2, 0.25) is 0 Å². The summed E-state index contributed by atoms with van der Waals surface area (Å²) in [7, 11) is 0. The van der Waals surface area contributed by atoms with Crippen LogP contribution in [-0.4, -0.2) is 4.98 Å². The molecule has 1 heteroatoms. The molecule has 0 aliphatic heterocycles. The Kier molecular flexibility index (Phi) is 2.61. The summed E-state index contributed by atoms with van der Waals surface area (Å²) in [6, 6.07) is 5.80. The van der Waals surface area contributed by atoms with E-state index in [2.05, 4.69) is 11.6 Å². The molecule has 0 amide bonds. The first-order valence-corrected chi connectivity index (χ1v) is 3.57. The molecule has 1 nitrogen and oxygen atoms in total. The molecule has 11 heavy (non-hydrogen) atoms. The van der Waals surface area contributed by atoms with Gasteiger partial charge < -0.3 is 0 Å². The molecule has 0 bridgehead atoms. The van der Waals surface area contributed by atoms with Crippen molar-refractivity contribution in [3.05, 3.63) is 48.8 Å². The first kappa shape index (κ1) is 7.73. The van der Waals surface area contributed by atoms with Crippen molar-refractivity contribution in [2.24, 2.45) is 0 Å². The van der Waals surface area contributed by atoms with E-state index in [-0.39, 0.29) is 0 Å². The van der Waals surface area contributed by atoms with Gasteiger partial charge in [-0.25, -0.2) is 0 Å². The second-order valence-corrected chi connectivity index (χ2v) is 2.24. The molecule has 56 valence electrons. The predicted octanol–water partition coefficient (Wildman–Crippen LogP) is 2.67. The number of nitrogens with zero attached hydrogens (tertiary/aromatic N) is 1. The topological polar surface area (TPSA) is 12.9 Å². The molecule has 0 spiro atoms. The minimum absolute atomic E-state index is 0.936. The average molecular weight is 145 g/mol. The van der Waals surface area contributed by atoms with Gasteiger partial charge >= 0.3 is 0 Å². The van der Waals surface area contributed by atoms with Crippen LogP contribution in [0.1, 0.15) is 12.6 Å². The largest absolute Gasteiger partial charge is 0.256 e. The lowest BCUT2D eigenvalue weighted by Gasteiger charge is -1.96. The van der Waals surface area contributed by atoms with E-state index in [4.69, 9.17) is 0 Å². The Balaban J connectivity index is 2.86. The lowest BCUT2D eigenvalue weighted by atomic mass is 10.2. The van der Waals surface area contributed by atoms with Crippen LogP contribution in [-0.2, 0) is 0 Å². The van der Waals surface area contributed by atoms with E-state index in [1.54, 1.807) is 6.20 Å². The minimum atomic E-state index is 0.936. The van der Waals surface area contributed by atoms with Gasteiger partial charge in [0.15, 0.2) is 0 Å². The van der Waals surface area contributed by atoms with Gasteiger partial charge in [0.1, 0.15) is 0 Å². The van der Waals surface area contributed by atoms with Crippen molar-refractivity contribution in [3.63, 3.8) is 0 Å². The maximum Gasteiger partial charge on any atom is 0.0695 e. The molecular formula is C10H11N. The van der Waals surface area contributed by atoms with Crippen LogP contribution in [0.25, 0.3) is 5.57 Å². The molecule has 0 aliphatic carbocycles. The van der Waals surface area contributed by atoms with Crippen molar-refractivity contribution in [3.8, 4) is 0 Å². The van der Waals surface area contributed by atoms with Crippen molar-refractivity contribution >= 4 is 5.57 Å². The highest BCUT2D eigenvalue weighted by molar-refractivity contribution is 5.68. The van der Waals surface area contributed by atoms with Crippen LogP contribution in [0.4, 0.5) is 0 Å². The summed E-state index contributed by atoms with van der Waals surface area (Å²) in [5.41, 5.74) is 1.89. The van der Waals surface area contributed by atoms with E-state index < -0.39 is 0 Å². The van der Waals surface area contributed by atoms with Gasteiger partial charge in [0.05, 0.1) is 5.69 Å². The van der Waals surface area contributed by atoms with Crippen molar-refractivity contribution in [1.29, 1.82) is 0 Å². The SMILES string of the molecule is C=C(/C=C\C)c1ccccn1. The molecule has 0 atom stereocenters. The number of aromatic nitrogens is 1. The van der Waals surface area contributed by atoms with Gasteiger partial charge in [0.25, 0.3) is 0 Å². The Bertz CT molecular complexity index is 259. The van der Waals surface area contributed by atoms with Crippen LogP contribution < -0.4 is 0 Å². The fourth-order valence-corrected chi connectivity index (χ4v) is 0.839. The highest BCUT2D eigenvalue weighted by atomic mass is 14.7. The zero-order valence-electron chi connectivity index (χ0n) is 6.62. The molecule has 0 aromatic carbocycles. The van der Waals surface area contributed by atoms with Crippen LogP contribution in [0.3, 0.4) is 0 Å². The molecule has 0 fully saturated rings. The maximum atomic E-state index is 4.15. The van der Waals surface area contributed by atoms with Crippen LogP contribution in [0.2, 0.25) is 0 Å². The Morgan fingerprint density at radius 2 is 2.36 bits per heavy atom. The van der Waals surface area contributed by atoms with Crippen LogP contribution in [0.15, 0.2) is 43.1 Å². The van der Waals surface area contributed by atoms with Gasteiger partial charge in [-0.2, -0.15) is 0 Å². The van der Waals surface area contributed by atoms with E-state index in [1.165, 1.54) is 0 Å². The third kappa shape index (κ3) is 2.04. The van der Waals surface area contributed by atoms with E-state index in [9.17, 15) is 0 Å². The number of allylic oxidation sites excluding steroid dienone is 3. The van der Waals surface area contributed by atoms with Crippen molar-refractivity contribution in [1.82, 2.24) is 4.98 Å². The molecule has 1 aromatic heterocycles. The number of pyridine rings is 1. The quantitative estimate of drug-likeness (QED) is 0.583. The van der Waals surface area contributed by atoms with Crippen LogP contribution in [0.5, 0.6) is 0 Å². The minimum Gasteiger partial charge on any atom is -0.256 e.